The molecule has 0 spiro atoms. The number of para-hydroxylation sites is 1. The largest absolute Gasteiger partial charge is 0.338 e. The minimum absolute atomic E-state index is 0.385. The molecule has 8 nitrogen and oxygen atoms in total. The van der Waals surface area contributed by atoms with Crippen molar-refractivity contribution in [3.05, 3.63) is 60.7 Å². The lowest BCUT2D eigenvalue weighted by molar-refractivity contribution is -0.119. The summed E-state index contributed by atoms with van der Waals surface area (Å²) in [7, 11) is 0. The Morgan fingerprint density at radius 3 is 2.50 bits per heavy atom. The third kappa shape index (κ3) is 4.94. The summed E-state index contributed by atoms with van der Waals surface area (Å²) in [5.41, 5.74) is 3.66. The molecule has 9 heteroatoms. The minimum atomic E-state index is -0.529. The van der Waals surface area contributed by atoms with Gasteiger partial charge in [-0.05, 0) is 32.9 Å². The number of carbonyl (C=O) groups excluding carboxylic acids is 2. The van der Waals surface area contributed by atoms with Crippen molar-refractivity contribution >= 4 is 34.6 Å². The van der Waals surface area contributed by atoms with E-state index < -0.39 is 11.3 Å². The number of aromatic nitrogens is 4. The van der Waals surface area contributed by atoms with Crippen molar-refractivity contribution in [1.82, 2.24) is 30.4 Å². The number of pyridine rings is 1. The Labute approximate surface area is 202 Å². The lowest BCUT2D eigenvalue weighted by Crippen LogP contribution is -2.42. The molecule has 2 aromatic heterocycles. The van der Waals surface area contributed by atoms with Gasteiger partial charge in [0.15, 0.2) is 11.0 Å². The summed E-state index contributed by atoms with van der Waals surface area (Å²) in [6.07, 6.45) is 0. The molecular formula is C25H26N6O2S. The molecule has 3 amide bonds. The number of urea groups is 1. The highest BCUT2D eigenvalue weighted by molar-refractivity contribution is 8.00. The van der Waals surface area contributed by atoms with Crippen LogP contribution in [0.3, 0.4) is 0 Å². The number of nitrogens with one attached hydrogen (secondary N) is 2. The van der Waals surface area contributed by atoms with E-state index in [4.69, 9.17) is 4.98 Å². The van der Waals surface area contributed by atoms with E-state index in [9.17, 15) is 9.59 Å². The van der Waals surface area contributed by atoms with Gasteiger partial charge in [-0.25, -0.2) is 9.78 Å². The van der Waals surface area contributed by atoms with E-state index in [1.165, 1.54) is 11.8 Å². The van der Waals surface area contributed by atoms with Crippen molar-refractivity contribution in [2.75, 3.05) is 6.54 Å². The van der Waals surface area contributed by atoms with Crippen LogP contribution in [0.1, 0.15) is 20.8 Å². The standard InChI is InChI=1S/C25H26N6O2S/c1-4-26-24(33)28-23(32)16(3)34-25-30-29-22(31(25)5-2)19-15-21(17-11-7-6-8-12-17)27-20-14-10-9-13-18(19)20/h6-16H,4-5H2,1-3H3,(H2,26,28,32,33). The maximum absolute atomic E-state index is 12.4. The number of hydrogen-bond acceptors (Lipinski definition) is 6. The van der Waals surface area contributed by atoms with Crippen molar-refractivity contribution in [2.24, 2.45) is 0 Å². The molecule has 0 saturated carbocycles. The fourth-order valence-corrected chi connectivity index (χ4v) is 4.52. The lowest BCUT2D eigenvalue weighted by atomic mass is 10.0. The predicted molar refractivity (Wildman–Crippen MR) is 134 cm³/mol. The van der Waals surface area contributed by atoms with Gasteiger partial charge in [0.05, 0.1) is 16.5 Å². The van der Waals surface area contributed by atoms with Crippen molar-refractivity contribution in [2.45, 2.75) is 37.7 Å². The van der Waals surface area contributed by atoms with E-state index >= 15 is 0 Å². The van der Waals surface area contributed by atoms with Crippen LogP contribution in [-0.4, -0.2) is 43.5 Å². The number of rotatable bonds is 7. The quantitative estimate of drug-likeness (QED) is 0.382. The average molecular weight is 475 g/mol. The summed E-state index contributed by atoms with van der Waals surface area (Å²) in [5, 5.41) is 14.9. The molecule has 0 radical (unpaired) electrons. The molecule has 174 valence electrons. The van der Waals surface area contributed by atoms with Crippen LogP contribution < -0.4 is 10.6 Å². The van der Waals surface area contributed by atoms with E-state index in [1.54, 1.807) is 13.8 Å². The Bertz CT molecular complexity index is 1320. The SMILES string of the molecule is CCNC(=O)NC(=O)C(C)Sc1nnc(-c2cc(-c3ccccc3)nc3ccccc23)n1CC. The molecule has 1 atom stereocenters. The van der Waals surface area contributed by atoms with E-state index in [0.717, 1.165) is 27.7 Å². The molecule has 0 aliphatic heterocycles. The monoisotopic (exact) mass is 474 g/mol. The minimum Gasteiger partial charge on any atom is -0.338 e. The molecular weight excluding hydrogens is 448 g/mol. The summed E-state index contributed by atoms with van der Waals surface area (Å²) in [6, 6.07) is 19.5. The molecule has 2 N–H and O–H groups in total. The Morgan fingerprint density at radius 2 is 1.76 bits per heavy atom. The van der Waals surface area contributed by atoms with E-state index in [0.29, 0.717) is 24.1 Å². The Morgan fingerprint density at radius 1 is 1.03 bits per heavy atom. The van der Waals surface area contributed by atoms with Gasteiger partial charge in [-0.15, -0.1) is 10.2 Å². The fourth-order valence-electron chi connectivity index (χ4n) is 3.61. The second-order valence-electron chi connectivity index (χ2n) is 7.60. The number of nitrogens with zero attached hydrogens (tertiary/aromatic N) is 4. The van der Waals surface area contributed by atoms with Crippen LogP contribution in [0.25, 0.3) is 33.5 Å². The third-order valence-electron chi connectivity index (χ3n) is 5.29. The first-order valence-electron chi connectivity index (χ1n) is 11.2. The number of benzene rings is 2. The second-order valence-corrected chi connectivity index (χ2v) is 8.91. The van der Waals surface area contributed by atoms with Gasteiger partial charge in [0.2, 0.25) is 5.91 Å². The Hall–Kier alpha value is -3.72. The molecule has 0 bridgehead atoms. The topological polar surface area (TPSA) is 102 Å². The molecule has 1 unspecified atom stereocenters. The summed E-state index contributed by atoms with van der Waals surface area (Å²) in [4.78, 5) is 29.0. The van der Waals surface area contributed by atoms with Crippen molar-refractivity contribution < 1.29 is 9.59 Å². The van der Waals surface area contributed by atoms with Crippen LogP contribution in [0.5, 0.6) is 0 Å². The number of hydrogen-bond donors (Lipinski definition) is 2. The van der Waals surface area contributed by atoms with Gasteiger partial charge >= 0.3 is 6.03 Å². The van der Waals surface area contributed by atoms with Crippen LogP contribution in [0, 0.1) is 0 Å². The first-order chi connectivity index (χ1) is 16.5. The molecule has 0 aliphatic carbocycles. The maximum atomic E-state index is 12.4. The first-order valence-corrected chi connectivity index (χ1v) is 12.0. The van der Waals surface area contributed by atoms with Crippen LogP contribution >= 0.6 is 11.8 Å². The fraction of sp³-hybridized carbons (Fsp3) is 0.240. The summed E-state index contributed by atoms with van der Waals surface area (Å²) in [6.45, 7) is 6.60. The summed E-state index contributed by atoms with van der Waals surface area (Å²) >= 11 is 1.27. The maximum Gasteiger partial charge on any atom is 0.321 e. The van der Waals surface area contributed by atoms with Crippen LogP contribution in [0.15, 0.2) is 65.8 Å². The molecule has 2 heterocycles. The highest BCUT2D eigenvalue weighted by Crippen LogP contribution is 2.33. The normalized spacial score (nSPS) is 11.9. The molecule has 0 saturated heterocycles. The van der Waals surface area contributed by atoms with Gasteiger partial charge < -0.3 is 9.88 Å². The molecule has 0 fully saturated rings. The van der Waals surface area contributed by atoms with Crippen molar-refractivity contribution in [1.29, 1.82) is 0 Å². The Kier molecular flexibility index (Phi) is 7.22. The van der Waals surface area contributed by atoms with Gasteiger partial charge in [-0.1, -0.05) is 60.3 Å². The highest BCUT2D eigenvalue weighted by Gasteiger charge is 2.23. The predicted octanol–water partition coefficient (Wildman–Crippen LogP) is 4.51. The van der Waals surface area contributed by atoms with E-state index in [1.807, 2.05) is 72.2 Å². The zero-order valence-corrected chi connectivity index (χ0v) is 20.1. The smallest absolute Gasteiger partial charge is 0.321 e. The van der Waals surface area contributed by atoms with Crippen LogP contribution in [0.4, 0.5) is 4.79 Å². The molecule has 2 aromatic carbocycles. The second kappa shape index (κ2) is 10.5. The molecule has 0 aliphatic rings. The van der Waals surface area contributed by atoms with Gasteiger partial charge in [-0.3, -0.25) is 10.1 Å². The number of thioether (sulfide) groups is 1. The zero-order chi connectivity index (χ0) is 24.1. The molecule has 4 aromatic rings. The summed E-state index contributed by atoms with van der Waals surface area (Å²) < 4.78 is 1.98. The number of fused-ring (bicyclic) bond motifs is 1. The molecule has 34 heavy (non-hydrogen) atoms. The van der Waals surface area contributed by atoms with Crippen LogP contribution in [-0.2, 0) is 11.3 Å². The van der Waals surface area contributed by atoms with E-state index in [-0.39, 0.29) is 5.91 Å². The Balaban J connectivity index is 1.71. The van der Waals surface area contributed by atoms with Crippen molar-refractivity contribution in [3.63, 3.8) is 0 Å². The van der Waals surface area contributed by atoms with Gasteiger partial charge in [0, 0.05) is 29.6 Å². The third-order valence-corrected chi connectivity index (χ3v) is 6.37. The zero-order valence-electron chi connectivity index (χ0n) is 19.3. The van der Waals surface area contributed by atoms with Crippen LogP contribution in [0.2, 0.25) is 0 Å². The van der Waals surface area contributed by atoms with Gasteiger partial charge in [-0.2, -0.15) is 0 Å². The highest BCUT2D eigenvalue weighted by atomic mass is 32.2. The number of carbonyl (C=O) groups is 2. The van der Waals surface area contributed by atoms with Gasteiger partial charge in [0.1, 0.15) is 0 Å². The summed E-state index contributed by atoms with van der Waals surface area (Å²) in [5.74, 6) is 0.320. The first kappa shape index (κ1) is 23.4. The van der Waals surface area contributed by atoms with E-state index in [2.05, 4.69) is 20.8 Å². The lowest BCUT2D eigenvalue weighted by Gasteiger charge is -2.13. The number of imide groups is 1. The molecule has 4 rings (SSSR count). The van der Waals surface area contributed by atoms with Gasteiger partial charge in [0.25, 0.3) is 0 Å². The van der Waals surface area contributed by atoms with Crippen molar-refractivity contribution in [3.8, 4) is 22.6 Å². The number of amides is 3. The average Bonchev–Trinajstić information content (AvgIpc) is 3.26.